The third-order valence-corrected chi connectivity index (χ3v) is 4.37. The number of carbonyl (C=O) groups is 1. The Balaban J connectivity index is 2.89. The second kappa shape index (κ2) is 6.27. The van der Waals surface area contributed by atoms with E-state index in [1.165, 1.54) is 11.5 Å². The van der Waals surface area contributed by atoms with E-state index < -0.39 is 0 Å². The van der Waals surface area contributed by atoms with Gasteiger partial charge in [0.25, 0.3) is 5.91 Å². The van der Waals surface area contributed by atoms with E-state index in [1.807, 2.05) is 20.8 Å². The lowest BCUT2D eigenvalue weighted by Gasteiger charge is -2.21. The highest BCUT2D eigenvalue weighted by Gasteiger charge is 2.27. The van der Waals surface area contributed by atoms with Gasteiger partial charge in [0.2, 0.25) is 0 Å². The normalized spacial score (nSPS) is 13.7. The first-order valence-corrected chi connectivity index (χ1v) is 8.27. The van der Waals surface area contributed by atoms with Crippen LogP contribution in [0.5, 0.6) is 0 Å². The maximum absolute atomic E-state index is 12.3. The van der Waals surface area contributed by atoms with E-state index in [2.05, 4.69) is 51.3 Å². The van der Waals surface area contributed by atoms with Crippen molar-refractivity contribution in [1.82, 2.24) is 14.9 Å². The van der Waals surface area contributed by atoms with Gasteiger partial charge in [0.1, 0.15) is 4.88 Å². The molecule has 4 nitrogen and oxygen atoms in total. The van der Waals surface area contributed by atoms with Crippen molar-refractivity contribution in [2.45, 2.75) is 46.1 Å². The molecular weight excluding hydrogens is 361 g/mol. The van der Waals surface area contributed by atoms with Gasteiger partial charge in [-0.2, -0.15) is 0 Å². The van der Waals surface area contributed by atoms with E-state index >= 15 is 0 Å². The lowest BCUT2D eigenvalue weighted by Crippen LogP contribution is -2.40. The number of hydrogen-bond acceptors (Lipinski definition) is 4. The molecule has 18 heavy (non-hydrogen) atoms. The van der Waals surface area contributed by atoms with Crippen molar-refractivity contribution in [3.63, 3.8) is 0 Å². The second-order valence-electron chi connectivity index (χ2n) is 5.68. The fourth-order valence-electron chi connectivity index (χ4n) is 1.45. The van der Waals surface area contributed by atoms with Gasteiger partial charge in [-0.3, -0.25) is 4.79 Å². The summed E-state index contributed by atoms with van der Waals surface area (Å²) in [5, 5.41) is 7.16. The SMILES string of the molecule is CC(C)C(CI)NC(=O)c1snnc1C(C)(C)C. The van der Waals surface area contributed by atoms with Crippen LogP contribution >= 0.6 is 34.1 Å². The van der Waals surface area contributed by atoms with E-state index in [0.717, 1.165) is 10.1 Å². The van der Waals surface area contributed by atoms with Crippen molar-refractivity contribution in [1.29, 1.82) is 0 Å². The number of amides is 1. The summed E-state index contributed by atoms with van der Waals surface area (Å²) in [6.07, 6.45) is 0. The third kappa shape index (κ3) is 3.88. The summed E-state index contributed by atoms with van der Waals surface area (Å²) in [5.41, 5.74) is 0.623. The predicted molar refractivity (Wildman–Crippen MR) is 83.6 cm³/mol. The molecule has 0 aliphatic heterocycles. The maximum Gasteiger partial charge on any atom is 0.265 e. The van der Waals surface area contributed by atoms with Gasteiger partial charge >= 0.3 is 0 Å². The Kier molecular flexibility index (Phi) is 5.51. The van der Waals surface area contributed by atoms with Crippen LogP contribution in [0.3, 0.4) is 0 Å². The monoisotopic (exact) mass is 381 g/mol. The molecule has 1 heterocycles. The number of halogens is 1. The molecule has 0 radical (unpaired) electrons. The van der Waals surface area contributed by atoms with Gasteiger partial charge in [-0.15, -0.1) is 5.10 Å². The Morgan fingerprint density at radius 1 is 1.44 bits per heavy atom. The van der Waals surface area contributed by atoms with E-state index in [9.17, 15) is 4.79 Å². The summed E-state index contributed by atoms with van der Waals surface area (Å²) >= 11 is 3.47. The van der Waals surface area contributed by atoms with Crippen LogP contribution in [-0.4, -0.2) is 26.0 Å². The lowest BCUT2D eigenvalue weighted by atomic mass is 9.91. The van der Waals surface area contributed by atoms with Gasteiger partial charge in [-0.25, -0.2) is 0 Å². The van der Waals surface area contributed by atoms with Gasteiger partial charge < -0.3 is 5.32 Å². The quantitative estimate of drug-likeness (QED) is 0.645. The van der Waals surface area contributed by atoms with Crippen molar-refractivity contribution < 1.29 is 4.79 Å². The molecule has 0 aliphatic carbocycles. The van der Waals surface area contributed by atoms with Crippen LogP contribution in [0.15, 0.2) is 0 Å². The molecule has 1 rings (SSSR count). The molecule has 1 atom stereocenters. The molecule has 1 N–H and O–H groups in total. The summed E-state index contributed by atoms with van der Waals surface area (Å²) in [4.78, 5) is 12.9. The fourth-order valence-corrected chi connectivity index (χ4v) is 3.46. The molecule has 0 saturated heterocycles. The zero-order valence-electron chi connectivity index (χ0n) is 11.5. The summed E-state index contributed by atoms with van der Waals surface area (Å²) in [6, 6.07) is 0.188. The van der Waals surface area contributed by atoms with Crippen molar-refractivity contribution >= 4 is 40.0 Å². The van der Waals surface area contributed by atoms with Crippen LogP contribution < -0.4 is 5.32 Å². The van der Waals surface area contributed by atoms with Crippen LogP contribution in [0.4, 0.5) is 0 Å². The Bertz CT molecular complexity index is 412. The summed E-state index contributed by atoms with van der Waals surface area (Å²) < 4.78 is 4.82. The minimum Gasteiger partial charge on any atom is -0.347 e. The molecule has 0 saturated carbocycles. The number of nitrogens with one attached hydrogen (secondary N) is 1. The first kappa shape index (κ1) is 15.8. The summed E-state index contributed by atoms with van der Waals surface area (Å²) in [5.74, 6) is 0.370. The molecule has 0 aliphatic rings. The number of aromatic nitrogens is 2. The largest absolute Gasteiger partial charge is 0.347 e. The third-order valence-electron chi connectivity index (χ3n) is 2.69. The van der Waals surface area contributed by atoms with E-state index in [1.54, 1.807) is 0 Å². The zero-order chi connectivity index (χ0) is 13.9. The second-order valence-corrected chi connectivity index (χ2v) is 7.31. The maximum atomic E-state index is 12.3. The van der Waals surface area contributed by atoms with Gasteiger partial charge in [-0.05, 0) is 17.5 Å². The number of alkyl halides is 1. The first-order chi connectivity index (χ1) is 8.27. The Labute approximate surface area is 126 Å². The minimum absolute atomic E-state index is 0.0507. The molecule has 1 amide bonds. The highest BCUT2D eigenvalue weighted by atomic mass is 127. The number of carbonyl (C=O) groups excluding carboxylic acids is 1. The molecule has 0 aromatic carbocycles. The van der Waals surface area contributed by atoms with Gasteiger partial charge in [0.05, 0.1) is 5.69 Å². The molecule has 1 unspecified atom stereocenters. The van der Waals surface area contributed by atoms with Crippen LogP contribution in [0, 0.1) is 5.92 Å². The molecule has 0 spiro atoms. The first-order valence-electron chi connectivity index (χ1n) is 5.97. The van der Waals surface area contributed by atoms with Crippen molar-refractivity contribution in [2.24, 2.45) is 5.92 Å². The highest BCUT2D eigenvalue weighted by molar-refractivity contribution is 14.1. The molecule has 1 aromatic rings. The molecular formula is C12H20IN3OS. The van der Waals surface area contributed by atoms with Gasteiger partial charge in [0, 0.05) is 15.9 Å². The average Bonchev–Trinajstić information content (AvgIpc) is 2.73. The van der Waals surface area contributed by atoms with Crippen molar-refractivity contribution in [3.05, 3.63) is 10.6 Å². The number of hydrogen-bond donors (Lipinski definition) is 1. The lowest BCUT2D eigenvalue weighted by molar-refractivity contribution is 0.0934. The Morgan fingerprint density at radius 3 is 2.50 bits per heavy atom. The van der Waals surface area contributed by atoms with Crippen LogP contribution in [-0.2, 0) is 5.41 Å². The summed E-state index contributed by atoms with van der Waals surface area (Å²) in [7, 11) is 0. The standard InChI is InChI=1S/C12H20IN3OS/c1-7(2)8(6-13)14-11(17)9-10(12(3,4)5)15-16-18-9/h7-8H,6H2,1-5H3,(H,14,17). The number of nitrogens with zero attached hydrogens (tertiary/aromatic N) is 2. The van der Waals surface area contributed by atoms with E-state index in [-0.39, 0.29) is 17.4 Å². The molecule has 0 fully saturated rings. The highest BCUT2D eigenvalue weighted by Crippen LogP contribution is 2.25. The summed E-state index contributed by atoms with van der Waals surface area (Å²) in [6.45, 7) is 10.3. The van der Waals surface area contributed by atoms with Gasteiger partial charge in [0.15, 0.2) is 0 Å². The predicted octanol–water partition coefficient (Wildman–Crippen LogP) is 3.03. The van der Waals surface area contributed by atoms with Crippen molar-refractivity contribution in [3.8, 4) is 0 Å². The van der Waals surface area contributed by atoms with Crippen LogP contribution in [0.2, 0.25) is 0 Å². The van der Waals surface area contributed by atoms with E-state index in [0.29, 0.717) is 10.8 Å². The molecule has 6 heteroatoms. The Morgan fingerprint density at radius 2 is 2.06 bits per heavy atom. The smallest absolute Gasteiger partial charge is 0.265 e. The molecule has 0 bridgehead atoms. The topological polar surface area (TPSA) is 54.9 Å². The zero-order valence-corrected chi connectivity index (χ0v) is 14.4. The van der Waals surface area contributed by atoms with Crippen molar-refractivity contribution in [2.75, 3.05) is 4.43 Å². The molecule has 102 valence electrons. The Hall–Kier alpha value is -0.240. The van der Waals surface area contributed by atoms with Crippen LogP contribution in [0.25, 0.3) is 0 Å². The molecule has 1 aromatic heterocycles. The number of rotatable bonds is 4. The fraction of sp³-hybridized carbons (Fsp3) is 0.750. The van der Waals surface area contributed by atoms with Crippen LogP contribution in [0.1, 0.15) is 50.0 Å². The minimum atomic E-state index is -0.155. The van der Waals surface area contributed by atoms with Gasteiger partial charge in [-0.1, -0.05) is 61.7 Å². The average molecular weight is 381 g/mol. The van der Waals surface area contributed by atoms with E-state index in [4.69, 9.17) is 0 Å².